The zero-order valence-electron chi connectivity index (χ0n) is 22.6. The number of ether oxygens (including phenoxy) is 3. The molecule has 0 aromatic carbocycles. The van der Waals surface area contributed by atoms with Gasteiger partial charge in [-0.05, 0) is 27.2 Å². The third-order valence-corrected chi connectivity index (χ3v) is 7.39. The molecule has 4 aliphatic rings. The summed E-state index contributed by atoms with van der Waals surface area (Å²) < 4.78 is 16.7. The molecule has 0 saturated carbocycles. The fraction of sp³-hybridized carbons (Fsp3) is 0.885. The van der Waals surface area contributed by atoms with E-state index in [0.717, 1.165) is 19.6 Å². The molecule has 0 amide bonds. The van der Waals surface area contributed by atoms with Gasteiger partial charge in [0.25, 0.3) is 0 Å². The van der Waals surface area contributed by atoms with E-state index in [4.69, 9.17) is 14.2 Å². The van der Waals surface area contributed by atoms with Crippen LogP contribution < -0.4 is 5.32 Å². The highest BCUT2D eigenvalue weighted by molar-refractivity contribution is 5.71. The van der Waals surface area contributed by atoms with Gasteiger partial charge in [-0.3, -0.25) is 29.1 Å². The monoisotopic (exact) mass is 510 g/mol. The molecule has 1 N–H and O–H groups in total. The molecular formula is C26H46N4O6. The van der Waals surface area contributed by atoms with Gasteiger partial charge in [0, 0.05) is 70.5 Å². The second-order valence-electron chi connectivity index (χ2n) is 10.9. The Bertz CT molecular complexity index is 657. The van der Waals surface area contributed by atoms with Crippen LogP contribution in [0, 0.1) is 5.41 Å². The summed E-state index contributed by atoms with van der Waals surface area (Å²) in [6.45, 7) is 16.1. The number of carbonyl (C=O) groups is 3. The molecule has 0 aromatic heterocycles. The summed E-state index contributed by atoms with van der Waals surface area (Å²) in [6.07, 6.45) is 1.53. The van der Waals surface area contributed by atoms with Gasteiger partial charge in [0.05, 0.1) is 24.7 Å². The first kappa shape index (κ1) is 28.8. The van der Waals surface area contributed by atoms with Crippen LogP contribution in [0.2, 0.25) is 0 Å². The maximum Gasteiger partial charge on any atom is 0.307 e. The van der Waals surface area contributed by atoms with Crippen molar-refractivity contribution in [3.8, 4) is 0 Å². The van der Waals surface area contributed by atoms with Crippen molar-refractivity contribution in [3.05, 3.63) is 0 Å². The van der Waals surface area contributed by atoms with E-state index >= 15 is 0 Å². The predicted molar refractivity (Wildman–Crippen MR) is 135 cm³/mol. The van der Waals surface area contributed by atoms with E-state index in [1.54, 1.807) is 0 Å². The Morgan fingerprint density at radius 3 is 1.17 bits per heavy atom. The standard InChI is InChI=1S/C24H41N3O6.C2H5N/c1-5-24(15-31-21(28)6-9-25-12-18(25)2,16-32-22(29)7-10-26-13-19(26)3)17-33-23(30)8-11-27-14-20(27)4;1-2-3-1/h18-20H,5-17H2,1-4H3;3H,1-2H2. The van der Waals surface area contributed by atoms with Crippen LogP contribution in [0.25, 0.3) is 0 Å². The minimum atomic E-state index is -0.742. The average molecular weight is 511 g/mol. The second-order valence-corrected chi connectivity index (χ2v) is 10.9. The molecule has 6 atom stereocenters. The molecule has 0 aliphatic carbocycles. The van der Waals surface area contributed by atoms with Crippen molar-refractivity contribution in [2.45, 2.75) is 71.5 Å². The molecule has 36 heavy (non-hydrogen) atoms. The Morgan fingerprint density at radius 1 is 0.694 bits per heavy atom. The van der Waals surface area contributed by atoms with Gasteiger partial charge in [0.1, 0.15) is 19.8 Å². The largest absolute Gasteiger partial charge is 0.465 e. The van der Waals surface area contributed by atoms with Crippen molar-refractivity contribution in [1.29, 1.82) is 0 Å². The lowest BCUT2D eigenvalue weighted by molar-refractivity contribution is -0.162. The topological polar surface area (TPSA) is 110 Å². The lowest BCUT2D eigenvalue weighted by Crippen LogP contribution is -2.39. The van der Waals surface area contributed by atoms with Crippen LogP contribution in [0.15, 0.2) is 0 Å². The lowest BCUT2D eigenvalue weighted by Gasteiger charge is -2.31. The van der Waals surface area contributed by atoms with Crippen LogP contribution in [0.3, 0.4) is 0 Å². The summed E-state index contributed by atoms with van der Waals surface area (Å²) in [5.74, 6) is -0.845. The molecule has 0 aromatic rings. The van der Waals surface area contributed by atoms with Crippen molar-refractivity contribution in [2.75, 3.05) is 72.2 Å². The minimum absolute atomic E-state index is 0.0603. The minimum Gasteiger partial charge on any atom is -0.465 e. The maximum absolute atomic E-state index is 12.3. The van der Waals surface area contributed by atoms with Crippen LogP contribution in [-0.4, -0.2) is 123 Å². The first-order valence-electron chi connectivity index (χ1n) is 13.6. The van der Waals surface area contributed by atoms with Crippen molar-refractivity contribution < 1.29 is 28.6 Å². The van der Waals surface area contributed by atoms with Gasteiger partial charge in [-0.25, -0.2) is 0 Å². The van der Waals surface area contributed by atoms with Gasteiger partial charge in [-0.2, -0.15) is 0 Å². The van der Waals surface area contributed by atoms with E-state index in [1.807, 2.05) is 6.92 Å². The fourth-order valence-corrected chi connectivity index (χ4v) is 3.86. The van der Waals surface area contributed by atoms with Crippen molar-refractivity contribution in [3.63, 3.8) is 0 Å². The zero-order chi connectivity index (χ0) is 26.1. The van der Waals surface area contributed by atoms with Crippen LogP contribution >= 0.6 is 0 Å². The zero-order valence-corrected chi connectivity index (χ0v) is 22.6. The molecule has 4 fully saturated rings. The van der Waals surface area contributed by atoms with Crippen LogP contribution in [0.4, 0.5) is 0 Å². The number of nitrogens with one attached hydrogen (secondary N) is 1. The first-order valence-corrected chi connectivity index (χ1v) is 13.6. The van der Waals surface area contributed by atoms with Gasteiger partial charge >= 0.3 is 17.9 Å². The van der Waals surface area contributed by atoms with Gasteiger partial charge in [0.2, 0.25) is 0 Å². The van der Waals surface area contributed by atoms with Crippen molar-refractivity contribution >= 4 is 17.9 Å². The predicted octanol–water partition coefficient (Wildman–Crippen LogP) is 0.885. The summed E-state index contributed by atoms with van der Waals surface area (Å²) in [4.78, 5) is 43.4. The molecule has 4 heterocycles. The van der Waals surface area contributed by atoms with E-state index in [0.29, 0.717) is 63.4 Å². The molecule has 4 rings (SSSR count). The van der Waals surface area contributed by atoms with Gasteiger partial charge in [0.15, 0.2) is 0 Å². The molecular weight excluding hydrogens is 464 g/mol. The summed E-state index contributed by atoms with van der Waals surface area (Å²) >= 11 is 0. The molecule has 206 valence electrons. The number of hydrogen-bond acceptors (Lipinski definition) is 10. The summed E-state index contributed by atoms with van der Waals surface area (Å²) in [7, 11) is 0. The van der Waals surface area contributed by atoms with Crippen molar-refractivity contribution in [2.24, 2.45) is 5.41 Å². The van der Waals surface area contributed by atoms with Crippen LogP contribution in [0.1, 0.15) is 53.4 Å². The van der Waals surface area contributed by atoms with E-state index in [9.17, 15) is 14.4 Å². The van der Waals surface area contributed by atoms with E-state index in [2.05, 4.69) is 40.8 Å². The highest BCUT2D eigenvalue weighted by Crippen LogP contribution is 2.26. The number of nitrogens with zero attached hydrogens (tertiary/aromatic N) is 3. The quantitative estimate of drug-likeness (QED) is 0.183. The van der Waals surface area contributed by atoms with Gasteiger partial charge < -0.3 is 19.5 Å². The average Bonchev–Trinajstić information content (AvgIpc) is 3.66. The fourth-order valence-electron chi connectivity index (χ4n) is 3.86. The summed E-state index contributed by atoms with van der Waals surface area (Å²) in [5, 5.41) is 3.00. The molecule has 0 radical (unpaired) electrons. The molecule has 0 bridgehead atoms. The Balaban J connectivity index is 0.00000112. The second kappa shape index (κ2) is 13.7. The van der Waals surface area contributed by atoms with Crippen LogP contribution in [-0.2, 0) is 28.6 Å². The third-order valence-electron chi connectivity index (χ3n) is 7.39. The number of rotatable bonds is 16. The van der Waals surface area contributed by atoms with E-state index in [-0.39, 0.29) is 37.7 Å². The Morgan fingerprint density at radius 2 is 0.972 bits per heavy atom. The highest BCUT2D eigenvalue weighted by atomic mass is 16.6. The Hall–Kier alpha value is -1.75. The summed E-state index contributed by atoms with van der Waals surface area (Å²) in [6, 6.07) is 1.61. The van der Waals surface area contributed by atoms with E-state index < -0.39 is 5.41 Å². The smallest absolute Gasteiger partial charge is 0.307 e. The van der Waals surface area contributed by atoms with Crippen molar-refractivity contribution in [1.82, 2.24) is 20.0 Å². The Kier molecular flexibility index (Phi) is 11.0. The Labute approximate surface area is 215 Å². The molecule has 4 saturated heterocycles. The lowest BCUT2D eigenvalue weighted by atomic mass is 9.88. The molecule has 10 heteroatoms. The SMILES string of the molecule is C1CN1.CCC(COC(=O)CCN1CC1C)(COC(=O)CCN1CC1C)COC(=O)CCN1CC1C. The highest BCUT2D eigenvalue weighted by Gasteiger charge is 2.36. The third kappa shape index (κ3) is 11.1. The summed E-state index contributed by atoms with van der Waals surface area (Å²) in [5.41, 5.74) is -0.742. The molecule has 4 aliphatic heterocycles. The molecule has 0 spiro atoms. The first-order chi connectivity index (χ1) is 17.2. The number of hydrogen-bond donors (Lipinski definition) is 1. The maximum atomic E-state index is 12.3. The normalized spacial score (nSPS) is 30.7. The van der Waals surface area contributed by atoms with Gasteiger partial charge in [-0.15, -0.1) is 0 Å². The number of esters is 3. The van der Waals surface area contributed by atoms with Crippen LogP contribution in [0.5, 0.6) is 0 Å². The molecule has 10 nitrogen and oxygen atoms in total. The van der Waals surface area contributed by atoms with E-state index in [1.165, 1.54) is 13.1 Å². The number of carbonyl (C=O) groups excluding carboxylic acids is 3. The van der Waals surface area contributed by atoms with Gasteiger partial charge in [-0.1, -0.05) is 6.92 Å². The molecule has 6 unspecified atom stereocenters.